The molecular weight excluding hydrogens is 348 g/mol. The number of rotatable bonds is 8. The Labute approximate surface area is 163 Å². The summed E-state index contributed by atoms with van der Waals surface area (Å²) in [5.41, 5.74) is 1.92. The third-order valence-electron chi connectivity index (χ3n) is 3.94. The van der Waals surface area contributed by atoms with Crippen LogP contribution in [0.25, 0.3) is 0 Å². The molecule has 0 aliphatic rings. The minimum absolute atomic E-state index is 0. The summed E-state index contributed by atoms with van der Waals surface area (Å²) < 4.78 is 5.83. The number of ether oxygens (including phenoxy) is 1. The fourth-order valence-electron chi connectivity index (χ4n) is 2.77. The number of nitrogens with zero attached hydrogens (tertiary/aromatic N) is 2. The van der Waals surface area contributed by atoms with Gasteiger partial charge < -0.3 is 14.5 Å². The number of benzene rings is 2. The van der Waals surface area contributed by atoms with E-state index in [1.54, 1.807) is 0 Å². The Morgan fingerprint density at radius 2 is 1.27 bits per heavy atom. The van der Waals surface area contributed by atoms with Crippen molar-refractivity contribution < 1.29 is 9.53 Å². The van der Waals surface area contributed by atoms with Crippen LogP contribution >= 0.6 is 12.4 Å². The van der Waals surface area contributed by atoms with Crippen LogP contribution in [0.3, 0.4) is 0 Å². The summed E-state index contributed by atoms with van der Waals surface area (Å²) in [4.78, 5) is 16.9. The lowest BCUT2D eigenvalue weighted by molar-refractivity contribution is 0.0871. The molecule has 0 saturated heterocycles. The van der Waals surface area contributed by atoms with E-state index in [4.69, 9.17) is 4.74 Å². The van der Waals surface area contributed by atoms with Gasteiger partial charge in [-0.15, -0.1) is 12.4 Å². The van der Waals surface area contributed by atoms with Crippen molar-refractivity contribution >= 4 is 18.2 Å². The van der Waals surface area contributed by atoms with Crippen molar-refractivity contribution in [1.29, 1.82) is 0 Å². The molecule has 0 aromatic heterocycles. The first-order valence-corrected chi connectivity index (χ1v) is 8.53. The molecule has 0 fully saturated rings. The topological polar surface area (TPSA) is 32.8 Å². The minimum atomic E-state index is -0.0473. The number of hydrogen-bond acceptors (Lipinski definition) is 4. The molecular formula is C21H29ClN2O2. The van der Waals surface area contributed by atoms with E-state index in [0.717, 1.165) is 30.2 Å². The van der Waals surface area contributed by atoms with Crippen molar-refractivity contribution in [3.05, 3.63) is 59.7 Å². The fourth-order valence-corrected chi connectivity index (χ4v) is 2.77. The van der Waals surface area contributed by atoms with Crippen molar-refractivity contribution in [3.63, 3.8) is 0 Å². The van der Waals surface area contributed by atoms with Crippen LogP contribution in [0, 0.1) is 12.8 Å². The van der Waals surface area contributed by atoms with Crippen molar-refractivity contribution in [3.8, 4) is 11.5 Å². The van der Waals surface area contributed by atoms with Crippen molar-refractivity contribution in [2.24, 2.45) is 5.92 Å². The van der Waals surface area contributed by atoms with Gasteiger partial charge >= 0.3 is 0 Å². The number of hydrogen-bond donors (Lipinski definition) is 0. The number of ketones is 1. The molecule has 26 heavy (non-hydrogen) atoms. The van der Waals surface area contributed by atoms with E-state index >= 15 is 0 Å². The van der Waals surface area contributed by atoms with Gasteiger partial charge in [0.2, 0.25) is 0 Å². The Morgan fingerprint density at radius 1 is 0.846 bits per heavy atom. The van der Waals surface area contributed by atoms with Crippen LogP contribution < -0.4 is 4.74 Å². The van der Waals surface area contributed by atoms with Gasteiger partial charge in [-0.25, -0.2) is 0 Å². The van der Waals surface area contributed by atoms with E-state index in [-0.39, 0.29) is 24.1 Å². The maximum absolute atomic E-state index is 12.8. The van der Waals surface area contributed by atoms with Crippen LogP contribution in [0.2, 0.25) is 0 Å². The molecule has 2 aromatic carbocycles. The Morgan fingerprint density at radius 3 is 1.69 bits per heavy atom. The number of aryl methyl sites for hydroxylation is 1. The van der Waals surface area contributed by atoms with Crippen LogP contribution in [0.4, 0.5) is 0 Å². The molecule has 0 radical (unpaired) electrons. The predicted molar refractivity (Wildman–Crippen MR) is 110 cm³/mol. The Kier molecular flexibility index (Phi) is 8.79. The fraction of sp³-hybridized carbons (Fsp3) is 0.381. The summed E-state index contributed by atoms with van der Waals surface area (Å²) in [5, 5.41) is 0. The van der Waals surface area contributed by atoms with Gasteiger partial charge in [-0.1, -0.05) is 17.7 Å². The van der Waals surface area contributed by atoms with E-state index < -0.39 is 0 Å². The molecule has 0 heterocycles. The largest absolute Gasteiger partial charge is 0.457 e. The molecule has 0 spiro atoms. The molecule has 142 valence electrons. The first-order chi connectivity index (χ1) is 11.8. The predicted octanol–water partition coefficient (Wildman–Crippen LogP) is 4.13. The lowest BCUT2D eigenvalue weighted by Gasteiger charge is -2.23. The van der Waals surface area contributed by atoms with E-state index in [2.05, 4.69) is 9.80 Å². The van der Waals surface area contributed by atoms with E-state index in [1.807, 2.05) is 83.6 Å². The average Bonchev–Trinajstić information content (AvgIpc) is 2.55. The number of halogens is 1. The van der Waals surface area contributed by atoms with Crippen molar-refractivity contribution in [1.82, 2.24) is 9.80 Å². The van der Waals surface area contributed by atoms with Gasteiger partial charge in [0.05, 0.1) is 0 Å². The lowest BCUT2D eigenvalue weighted by Crippen LogP contribution is -2.35. The second-order valence-corrected chi connectivity index (χ2v) is 7.03. The van der Waals surface area contributed by atoms with Gasteiger partial charge in [0, 0.05) is 24.6 Å². The van der Waals surface area contributed by atoms with Crippen molar-refractivity contribution in [2.45, 2.75) is 6.92 Å². The molecule has 0 atom stereocenters. The van der Waals surface area contributed by atoms with Gasteiger partial charge in [0.15, 0.2) is 5.78 Å². The summed E-state index contributed by atoms with van der Waals surface area (Å²) in [6.45, 7) is 3.51. The zero-order valence-corrected chi connectivity index (χ0v) is 17.0. The molecule has 0 amide bonds. The minimum Gasteiger partial charge on any atom is -0.457 e. The Hall–Kier alpha value is -1.88. The molecule has 0 aliphatic heterocycles. The van der Waals surface area contributed by atoms with E-state index in [9.17, 15) is 4.79 Å². The third kappa shape index (κ3) is 6.79. The highest BCUT2D eigenvalue weighted by molar-refractivity contribution is 5.98. The number of Topliss-reactive ketones (excluding diaryl/α,β-unsaturated/α-hetero) is 1. The lowest BCUT2D eigenvalue weighted by atomic mass is 9.96. The smallest absolute Gasteiger partial charge is 0.168 e. The van der Waals surface area contributed by atoms with Gasteiger partial charge in [0.1, 0.15) is 11.5 Å². The highest BCUT2D eigenvalue weighted by Gasteiger charge is 2.21. The SMILES string of the molecule is Cc1ccc(Oc2ccc(C(=O)C(CN(C)C)CN(C)C)cc2)cc1.Cl. The highest BCUT2D eigenvalue weighted by atomic mass is 35.5. The molecule has 0 aliphatic carbocycles. The Bertz CT molecular complexity index is 672. The average molecular weight is 377 g/mol. The van der Waals surface area contributed by atoms with E-state index in [1.165, 1.54) is 5.56 Å². The van der Waals surface area contributed by atoms with Crippen LogP contribution in [-0.4, -0.2) is 56.9 Å². The molecule has 2 rings (SSSR count). The third-order valence-corrected chi connectivity index (χ3v) is 3.94. The summed E-state index contributed by atoms with van der Waals surface area (Å²) in [7, 11) is 7.98. The molecule has 0 bridgehead atoms. The zero-order chi connectivity index (χ0) is 18.4. The number of carbonyl (C=O) groups is 1. The second kappa shape index (κ2) is 10.3. The quantitative estimate of drug-likeness (QED) is 0.648. The first-order valence-electron chi connectivity index (χ1n) is 8.53. The van der Waals surface area contributed by atoms with Crippen LogP contribution in [0.5, 0.6) is 11.5 Å². The maximum Gasteiger partial charge on any atom is 0.168 e. The van der Waals surface area contributed by atoms with Crippen LogP contribution in [-0.2, 0) is 0 Å². The normalized spacial score (nSPS) is 10.9. The van der Waals surface area contributed by atoms with Gasteiger partial charge in [-0.05, 0) is 71.5 Å². The summed E-state index contributed by atoms with van der Waals surface area (Å²) in [6.07, 6.45) is 0. The molecule has 0 unspecified atom stereocenters. The summed E-state index contributed by atoms with van der Waals surface area (Å²) in [5.74, 6) is 1.65. The zero-order valence-electron chi connectivity index (χ0n) is 16.2. The molecule has 4 nitrogen and oxygen atoms in total. The van der Waals surface area contributed by atoms with Gasteiger partial charge in [0.25, 0.3) is 0 Å². The highest BCUT2D eigenvalue weighted by Crippen LogP contribution is 2.23. The summed E-state index contributed by atoms with van der Waals surface area (Å²) in [6, 6.07) is 15.3. The molecule has 5 heteroatoms. The first kappa shape index (κ1) is 22.2. The molecule has 2 aromatic rings. The van der Waals surface area contributed by atoms with E-state index in [0.29, 0.717) is 0 Å². The van der Waals surface area contributed by atoms with Crippen molar-refractivity contribution in [2.75, 3.05) is 41.3 Å². The summed E-state index contributed by atoms with van der Waals surface area (Å²) >= 11 is 0. The Balaban J connectivity index is 0.00000338. The standard InChI is InChI=1S/C21H28N2O2.ClH/c1-16-6-10-19(11-7-16)25-20-12-8-17(9-13-20)21(24)18(14-22(2)3)15-23(4)5;/h6-13,18H,14-15H2,1-5H3;1H. The maximum atomic E-state index is 12.8. The number of carbonyl (C=O) groups excluding carboxylic acids is 1. The monoisotopic (exact) mass is 376 g/mol. The van der Waals surface area contributed by atoms with Crippen LogP contribution in [0.1, 0.15) is 15.9 Å². The molecule has 0 saturated carbocycles. The van der Waals surface area contributed by atoms with Gasteiger partial charge in [-0.3, -0.25) is 4.79 Å². The molecule has 0 N–H and O–H groups in total. The second-order valence-electron chi connectivity index (χ2n) is 7.03. The van der Waals surface area contributed by atoms with Crippen LogP contribution in [0.15, 0.2) is 48.5 Å². The van der Waals surface area contributed by atoms with Gasteiger partial charge in [-0.2, -0.15) is 0 Å².